The van der Waals surface area contributed by atoms with E-state index in [0.29, 0.717) is 24.4 Å². The zero-order chi connectivity index (χ0) is 20.8. The molecule has 0 bridgehead atoms. The van der Waals surface area contributed by atoms with E-state index in [1.165, 1.54) is 29.0 Å². The molecule has 0 aliphatic carbocycles. The van der Waals surface area contributed by atoms with E-state index in [-0.39, 0.29) is 34.1 Å². The third kappa shape index (κ3) is 3.75. The van der Waals surface area contributed by atoms with Crippen molar-refractivity contribution in [3.63, 3.8) is 0 Å². The summed E-state index contributed by atoms with van der Waals surface area (Å²) in [5.74, 6) is -0.857. The van der Waals surface area contributed by atoms with Crippen LogP contribution in [0.15, 0.2) is 29.3 Å². The molecule has 1 aromatic heterocycles. The molecule has 2 aliphatic heterocycles. The molecule has 1 fully saturated rings. The summed E-state index contributed by atoms with van der Waals surface area (Å²) in [6.45, 7) is 3.22. The Bertz CT molecular complexity index is 1070. The highest BCUT2D eigenvalue weighted by Gasteiger charge is 2.37. The number of benzene rings is 1. The summed E-state index contributed by atoms with van der Waals surface area (Å²) in [5.41, 5.74) is 0.902. The van der Waals surface area contributed by atoms with Crippen LogP contribution in [0.5, 0.6) is 5.75 Å². The quantitative estimate of drug-likeness (QED) is 0.679. The minimum atomic E-state index is -3.86. The molecule has 8 nitrogen and oxygen atoms in total. The highest BCUT2D eigenvalue weighted by Crippen LogP contribution is 2.34. The minimum absolute atomic E-state index is 0.00930. The van der Waals surface area contributed by atoms with E-state index >= 15 is 0 Å². The summed E-state index contributed by atoms with van der Waals surface area (Å²) in [6, 6.07) is 3.97. The maximum atomic E-state index is 13.5. The second kappa shape index (κ2) is 7.43. The summed E-state index contributed by atoms with van der Waals surface area (Å²) >= 11 is 0. The molecule has 3 heterocycles. The Kier molecular flexibility index (Phi) is 5.09. The third-order valence-electron chi connectivity index (χ3n) is 5.40. The van der Waals surface area contributed by atoms with Crippen LogP contribution in [0, 0.1) is 18.7 Å². The van der Waals surface area contributed by atoms with Crippen LogP contribution >= 0.6 is 0 Å². The van der Waals surface area contributed by atoms with Gasteiger partial charge in [0.15, 0.2) is 11.4 Å². The number of anilines is 1. The van der Waals surface area contributed by atoms with Crippen LogP contribution in [-0.2, 0) is 17.1 Å². The van der Waals surface area contributed by atoms with E-state index in [9.17, 15) is 17.6 Å². The molecular weight excluding hydrogens is 399 g/mol. The Labute approximate surface area is 168 Å². The Hall–Kier alpha value is -2.43. The van der Waals surface area contributed by atoms with Crippen LogP contribution in [0.25, 0.3) is 0 Å². The van der Waals surface area contributed by atoms with Crippen LogP contribution < -0.4 is 20.1 Å². The standard InChI is InChI=1S/C19H23FN4O4S/c1-11-7-13(3-4-14(11)20)22-19(25)17-18-16(9-24(17)2)29(26,27)23-15-8-21-6-5-12(15)10-28-18/h3-4,7,9,12,15,21,23H,5-6,8,10H2,1-2H3,(H,22,25)/t12-,15+/m1/s1. The number of hydrogen-bond acceptors (Lipinski definition) is 5. The van der Waals surface area contributed by atoms with Crippen LogP contribution in [0.2, 0.25) is 0 Å². The molecule has 1 aromatic carbocycles. The number of fused-ring (bicyclic) bond motifs is 2. The number of carbonyl (C=O) groups is 1. The molecule has 0 spiro atoms. The summed E-state index contributed by atoms with van der Waals surface area (Å²) in [6.07, 6.45) is 2.14. The normalized spacial score (nSPS) is 23.1. The Morgan fingerprint density at radius 1 is 1.38 bits per heavy atom. The number of carbonyl (C=O) groups excluding carboxylic acids is 1. The lowest BCUT2D eigenvalue weighted by Gasteiger charge is -2.34. The van der Waals surface area contributed by atoms with Gasteiger partial charge in [-0.25, -0.2) is 17.5 Å². The monoisotopic (exact) mass is 422 g/mol. The van der Waals surface area contributed by atoms with Crippen LogP contribution in [0.1, 0.15) is 22.5 Å². The first-order valence-electron chi connectivity index (χ1n) is 9.39. The topological polar surface area (TPSA) is 101 Å². The van der Waals surface area contributed by atoms with E-state index < -0.39 is 15.9 Å². The van der Waals surface area contributed by atoms with Crippen molar-refractivity contribution in [1.29, 1.82) is 0 Å². The third-order valence-corrected chi connectivity index (χ3v) is 6.88. The maximum absolute atomic E-state index is 13.5. The van der Waals surface area contributed by atoms with Crippen molar-refractivity contribution in [1.82, 2.24) is 14.6 Å². The molecule has 10 heteroatoms. The fraction of sp³-hybridized carbons (Fsp3) is 0.421. The number of aryl methyl sites for hydroxylation is 2. The second-order valence-corrected chi connectivity index (χ2v) is 9.17. The van der Waals surface area contributed by atoms with Gasteiger partial charge in [0.2, 0.25) is 10.0 Å². The van der Waals surface area contributed by atoms with Crippen molar-refractivity contribution >= 4 is 21.6 Å². The van der Waals surface area contributed by atoms with E-state index in [2.05, 4.69) is 15.4 Å². The first-order chi connectivity index (χ1) is 13.8. The number of rotatable bonds is 2. The summed E-state index contributed by atoms with van der Waals surface area (Å²) in [4.78, 5) is 12.9. The number of hydrogen-bond donors (Lipinski definition) is 3. The van der Waals surface area contributed by atoms with Gasteiger partial charge in [0, 0.05) is 37.4 Å². The van der Waals surface area contributed by atoms with Crippen molar-refractivity contribution in [2.75, 3.05) is 25.0 Å². The molecule has 2 aliphatic rings. The lowest BCUT2D eigenvalue weighted by molar-refractivity contribution is 0.101. The van der Waals surface area contributed by atoms with Crippen LogP contribution in [0.3, 0.4) is 0 Å². The number of ether oxygens (including phenoxy) is 1. The second-order valence-electron chi connectivity index (χ2n) is 7.49. The molecule has 1 amide bonds. The van der Waals surface area contributed by atoms with Gasteiger partial charge >= 0.3 is 0 Å². The smallest absolute Gasteiger partial charge is 0.276 e. The van der Waals surface area contributed by atoms with Gasteiger partial charge in [-0.05, 0) is 43.7 Å². The summed E-state index contributed by atoms with van der Waals surface area (Å²) < 4.78 is 49.4. The van der Waals surface area contributed by atoms with Gasteiger partial charge in [-0.2, -0.15) is 0 Å². The molecule has 29 heavy (non-hydrogen) atoms. The predicted octanol–water partition coefficient (Wildman–Crippen LogP) is 1.37. The SMILES string of the molecule is Cc1cc(NC(=O)c2c3c(cn2C)S(=O)(=O)N[C@H]2CNCC[C@@H]2CO3)ccc1F. The lowest BCUT2D eigenvalue weighted by atomic mass is 9.94. The number of amides is 1. The highest BCUT2D eigenvalue weighted by molar-refractivity contribution is 7.89. The molecule has 0 unspecified atom stereocenters. The fourth-order valence-electron chi connectivity index (χ4n) is 3.79. The van der Waals surface area contributed by atoms with Crippen molar-refractivity contribution in [2.24, 2.45) is 13.0 Å². The van der Waals surface area contributed by atoms with Crippen molar-refractivity contribution in [3.8, 4) is 5.75 Å². The molecule has 2 aromatic rings. The zero-order valence-corrected chi connectivity index (χ0v) is 17.0. The molecule has 1 saturated heterocycles. The number of piperidine rings is 1. The first kappa shape index (κ1) is 19.9. The van der Waals surface area contributed by atoms with Gasteiger partial charge in [0.05, 0.1) is 6.61 Å². The number of aromatic nitrogens is 1. The maximum Gasteiger partial charge on any atom is 0.276 e. The average molecular weight is 422 g/mol. The van der Waals surface area contributed by atoms with E-state index in [0.717, 1.165) is 13.0 Å². The minimum Gasteiger partial charge on any atom is -0.489 e. The van der Waals surface area contributed by atoms with E-state index in [4.69, 9.17) is 4.74 Å². The molecular formula is C19H23FN4O4S. The fourth-order valence-corrected chi connectivity index (χ4v) is 5.28. The summed E-state index contributed by atoms with van der Waals surface area (Å²) in [7, 11) is -2.27. The van der Waals surface area contributed by atoms with Gasteiger partial charge in [-0.3, -0.25) is 4.79 Å². The van der Waals surface area contributed by atoms with Crippen molar-refractivity contribution in [2.45, 2.75) is 24.3 Å². The molecule has 0 saturated carbocycles. The van der Waals surface area contributed by atoms with Crippen molar-refractivity contribution < 1.29 is 22.3 Å². The number of nitrogens with zero attached hydrogens (tertiary/aromatic N) is 1. The number of nitrogens with one attached hydrogen (secondary N) is 3. The van der Waals surface area contributed by atoms with Gasteiger partial charge < -0.3 is 19.9 Å². The number of halogens is 1. The number of sulfonamides is 1. The predicted molar refractivity (Wildman–Crippen MR) is 105 cm³/mol. The molecule has 0 radical (unpaired) electrons. The molecule has 3 N–H and O–H groups in total. The first-order valence-corrected chi connectivity index (χ1v) is 10.9. The molecule has 2 atom stereocenters. The van der Waals surface area contributed by atoms with Gasteiger partial charge in [0.1, 0.15) is 10.7 Å². The lowest BCUT2D eigenvalue weighted by Crippen LogP contribution is -2.53. The Morgan fingerprint density at radius 3 is 2.93 bits per heavy atom. The van der Waals surface area contributed by atoms with Crippen molar-refractivity contribution in [3.05, 3.63) is 41.5 Å². The largest absolute Gasteiger partial charge is 0.489 e. The summed E-state index contributed by atoms with van der Waals surface area (Å²) in [5, 5.41) is 5.88. The Morgan fingerprint density at radius 2 is 2.17 bits per heavy atom. The van der Waals surface area contributed by atoms with E-state index in [1.54, 1.807) is 14.0 Å². The van der Waals surface area contributed by atoms with Gasteiger partial charge in [-0.15, -0.1) is 0 Å². The molecule has 4 rings (SSSR count). The van der Waals surface area contributed by atoms with E-state index in [1.807, 2.05) is 0 Å². The average Bonchev–Trinajstić information content (AvgIpc) is 3.00. The molecule has 156 valence electrons. The van der Waals surface area contributed by atoms with Crippen LogP contribution in [0.4, 0.5) is 10.1 Å². The van der Waals surface area contributed by atoms with Crippen LogP contribution in [-0.4, -0.2) is 44.6 Å². The Balaban J connectivity index is 1.69. The highest BCUT2D eigenvalue weighted by atomic mass is 32.2. The van der Waals surface area contributed by atoms with Gasteiger partial charge in [-0.1, -0.05) is 0 Å². The van der Waals surface area contributed by atoms with Gasteiger partial charge in [0.25, 0.3) is 5.91 Å². The zero-order valence-electron chi connectivity index (χ0n) is 16.2.